The molecule has 0 amide bonds. The first-order chi connectivity index (χ1) is 14.2. The fourth-order valence-electron chi connectivity index (χ4n) is 2.96. The standard InChI is InChI=1S/C22H21N5OS.2ClH/c23-12-17-10-11-20(28-17)19-14-29-22(26-19)27-21(24)25-13-16-8-4-5-9-18(16)15-6-2-1-3-7-15;;/h1-11,14H,12-13,23H2,(H3,24,25,26,27);2*1H. The van der Waals surface area contributed by atoms with Crippen LogP contribution in [-0.4, -0.2) is 10.9 Å². The minimum absolute atomic E-state index is 0. The average molecular weight is 476 g/mol. The van der Waals surface area contributed by atoms with Crippen LogP contribution in [0.3, 0.4) is 0 Å². The van der Waals surface area contributed by atoms with Gasteiger partial charge in [0.2, 0.25) is 5.13 Å². The van der Waals surface area contributed by atoms with Gasteiger partial charge in [-0.05, 0) is 28.8 Å². The van der Waals surface area contributed by atoms with Crippen molar-refractivity contribution in [2.45, 2.75) is 13.1 Å². The SMILES string of the molecule is Cl.Cl.NCc1ccc(-c2csc(/N=C(\N)NCc3ccccc3-c3ccccc3)n2)o1. The summed E-state index contributed by atoms with van der Waals surface area (Å²) in [6.07, 6.45) is 0. The first-order valence-corrected chi connectivity index (χ1v) is 10.1. The van der Waals surface area contributed by atoms with Gasteiger partial charge in [-0.1, -0.05) is 54.6 Å². The van der Waals surface area contributed by atoms with Crippen molar-refractivity contribution in [1.82, 2.24) is 10.3 Å². The maximum Gasteiger partial charge on any atom is 0.212 e. The summed E-state index contributed by atoms with van der Waals surface area (Å²) in [4.78, 5) is 8.84. The first kappa shape index (κ1) is 24.4. The molecule has 0 saturated heterocycles. The van der Waals surface area contributed by atoms with E-state index in [9.17, 15) is 0 Å². The average Bonchev–Trinajstić information content (AvgIpc) is 3.42. The van der Waals surface area contributed by atoms with Gasteiger partial charge in [0.15, 0.2) is 11.7 Å². The minimum atomic E-state index is 0. The van der Waals surface area contributed by atoms with Gasteiger partial charge in [0.25, 0.3) is 0 Å². The number of nitrogens with zero attached hydrogens (tertiary/aromatic N) is 2. The fourth-order valence-corrected chi connectivity index (χ4v) is 3.64. The molecule has 0 fully saturated rings. The third-order valence-corrected chi connectivity index (χ3v) is 5.12. The van der Waals surface area contributed by atoms with Crippen molar-refractivity contribution >= 4 is 47.2 Å². The van der Waals surface area contributed by atoms with Crippen molar-refractivity contribution < 1.29 is 4.42 Å². The molecule has 31 heavy (non-hydrogen) atoms. The van der Waals surface area contributed by atoms with Gasteiger partial charge < -0.3 is 21.2 Å². The van der Waals surface area contributed by atoms with E-state index in [1.807, 2.05) is 47.8 Å². The molecule has 0 unspecified atom stereocenters. The monoisotopic (exact) mass is 475 g/mol. The van der Waals surface area contributed by atoms with Crippen LogP contribution in [0.4, 0.5) is 5.13 Å². The number of aromatic nitrogens is 1. The van der Waals surface area contributed by atoms with E-state index < -0.39 is 0 Å². The second-order valence-electron chi connectivity index (χ2n) is 6.36. The van der Waals surface area contributed by atoms with Gasteiger partial charge in [0, 0.05) is 11.9 Å². The van der Waals surface area contributed by atoms with E-state index in [1.54, 1.807) is 0 Å². The number of furan rings is 1. The third kappa shape index (κ3) is 6.08. The van der Waals surface area contributed by atoms with Gasteiger partial charge in [-0.2, -0.15) is 4.99 Å². The Morgan fingerprint density at radius 3 is 2.48 bits per heavy atom. The highest BCUT2D eigenvalue weighted by molar-refractivity contribution is 7.13. The van der Waals surface area contributed by atoms with Gasteiger partial charge in [-0.25, -0.2) is 4.98 Å². The first-order valence-electron chi connectivity index (χ1n) is 9.19. The summed E-state index contributed by atoms with van der Waals surface area (Å²) < 4.78 is 5.62. The van der Waals surface area contributed by atoms with Gasteiger partial charge in [0.05, 0.1) is 6.54 Å². The molecule has 0 spiro atoms. The Morgan fingerprint density at radius 1 is 1.00 bits per heavy atom. The number of benzene rings is 2. The summed E-state index contributed by atoms with van der Waals surface area (Å²) in [7, 11) is 0. The zero-order valence-corrected chi connectivity index (χ0v) is 19.0. The van der Waals surface area contributed by atoms with Crippen LogP contribution in [0.1, 0.15) is 11.3 Å². The Labute approximate surface area is 197 Å². The molecule has 9 heteroatoms. The number of hydrogen-bond donors (Lipinski definition) is 3. The predicted octanol–water partition coefficient (Wildman–Crippen LogP) is 5.11. The van der Waals surface area contributed by atoms with E-state index in [1.165, 1.54) is 22.5 Å². The van der Waals surface area contributed by atoms with Gasteiger partial charge in [0.1, 0.15) is 11.5 Å². The Morgan fingerprint density at radius 2 is 1.74 bits per heavy atom. The van der Waals surface area contributed by atoms with E-state index >= 15 is 0 Å². The van der Waals surface area contributed by atoms with Crippen molar-refractivity contribution in [3.05, 3.63) is 83.4 Å². The summed E-state index contributed by atoms with van der Waals surface area (Å²) in [6.45, 7) is 0.924. The highest BCUT2D eigenvalue weighted by atomic mass is 35.5. The lowest BCUT2D eigenvalue weighted by Gasteiger charge is -2.11. The highest BCUT2D eigenvalue weighted by Gasteiger charge is 2.09. The van der Waals surface area contributed by atoms with Crippen LogP contribution in [0, 0.1) is 0 Å². The van der Waals surface area contributed by atoms with Crippen LogP contribution < -0.4 is 16.8 Å². The molecule has 0 aliphatic carbocycles. The second-order valence-corrected chi connectivity index (χ2v) is 7.20. The van der Waals surface area contributed by atoms with Crippen molar-refractivity contribution in [2.75, 3.05) is 0 Å². The normalized spacial score (nSPS) is 10.8. The molecule has 0 saturated carbocycles. The molecular formula is C22H23Cl2N5OS. The van der Waals surface area contributed by atoms with Gasteiger partial charge in [-0.3, -0.25) is 0 Å². The number of rotatable bonds is 6. The van der Waals surface area contributed by atoms with Crippen LogP contribution in [0.2, 0.25) is 0 Å². The maximum atomic E-state index is 6.08. The topological polar surface area (TPSA) is 102 Å². The number of hydrogen-bond acceptors (Lipinski definition) is 5. The van der Waals surface area contributed by atoms with Crippen molar-refractivity contribution in [1.29, 1.82) is 0 Å². The summed E-state index contributed by atoms with van der Waals surface area (Å²) in [5.74, 6) is 1.71. The van der Waals surface area contributed by atoms with Crippen molar-refractivity contribution in [3.8, 4) is 22.6 Å². The number of nitrogens with two attached hydrogens (primary N) is 2. The minimum Gasteiger partial charge on any atom is -0.458 e. The number of thiazole rings is 1. The summed E-state index contributed by atoms with van der Waals surface area (Å²) in [5.41, 5.74) is 15.9. The molecule has 0 bridgehead atoms. The molecule has 2 aromatic heterocycles. The summed E-state index contributed by atoms with van der Waals surface area (Å²) in [5, 5.41) is 5.62. The Balaban J connectivity index is 0.00000171. The molecular weight excluding hydrogens is 453 g/mol. The van der Waals surface area contributed by atoms with Crippen molar-refractivity contribution in [2.24, 2.45) is 16.5 Å². The van der Waals surface area contributed by atoms with E-state index in [0.29, 0.717) is 29.9 Å². The molecule has 0 radical (unpaired) electrons. The van der Waals surface area contributed by atoms with E-state index in [2.05, 4.69) is 39.6 Å². The largest absolute Gasteiger partial charge is 0.458 e. The zero-order valence-electron chi connectivity index (χ0n) is 16.5. The smallest absolute Gasteiger partial charge is 0.212 e. The molecule has 5 N–H and O–H groups in total. The van der Waals surface area contributed by atoms with E-state index in [0.717, 1.165) is 17.0 Å². The molecule has 2 heterocycles. The molecule has 4 rings (SSSR count). The molecule has 2 aromatic carbocycles. The Hall–Kier alpha value is -2.84. The second kappa shape index (κ2) is 11.5. The van der Waals surface area contributed by atoms with E-state index in [4.69, 9.17) is 15.9 Å². The highest BCUT2D eigenvalue weighted by Crippen LogP contribution is 2.28. The number of guanidine groups is 1. The van der Waals surface area contributed by atoms with E-state index in [-0.39, 0.29) is 24.8 Å². The van der Waals surface area contributed by atoms with Gasteiger partial charge in [-0.15, -0.1) is 36.2 Å². The lowest BCUT2D eigenvalue weighted by Crippen LogP contribution is -2.30. The van der Waals surface area contributed by atoms with Crippen molar-refractivity contribution in [3.63, 3.8) is 0 Å². The number of nitrogens with one attached hydrogen (secondary N) is 1. The quantitative estimate of drug-likeness (QED) is 0.265. The van der Waals surface area contributed by atoms with Crippen LogP contribution >= 0.6 is 36.2 Å². The van der Waals surface area contributed by atoms with Crippen LogP contribution in [-0.2, 0) is 13.1 Å². The zero-order chi connectivity index (χ0) is 20.1. The Bertz CT molecular complexity index is 1130. The third-order valence-electron chi connectivity index (χ3n) is 4.39. The molecule has 0 aliphatic rings. The maximum absolute atomic E-state index is 6.08. The summed E-state index contributed by atoms with van der Waals surface area (Å²) >= 11 is 1.40. The number of halogens is 2. The van der Waals surface area contributed by atoms with Crippen LogP contribution in [0.5, 0.6) is 0 Å². The molecule has 0 aliphatic heterocycles. The summed E-state index contributed by atoms with van der Waals surface area (Å²) in [6, 6.07) is 22.2. The Kier molecular flexibility index (Phi) is 9.08. The molecule has 162 valence electrons. The predicted molar refractivity (Wildman–Crippen MR) is 132 cm³/mol. The number of aliphatic imine (C=N–C) groups is 1. The van der Waals surface area contributed by atoms with Crippen LogP contribution in [0.25, 0.3) is 22.6 Å². The molecule has 6 nitrogen and oxygen atoms in total. The lowest BCUT2D eigenvalue weighted by atomic mass is 10.00. The fraction of sp³-hybridized carbons (Fsp3) is 0.0909. The van der Waals surface area contributed by atoms with Crippen LogP contribution in [0.15, 0.2) is 81.5 Å². The lowest BCUT2D eigenvalue weighted by molar-refractivity contribution is 0.524. The van der Waals surface area contributed by atoms with Gasteiger partial charge >= 0.3 is 0 Å². The molecule has 4 aromatic rings. The molecule has 0 atom stereocenters.